The highest BCUT2D eigenvalue weighted by atomic mass is 35.5. The Morgan fingerprint density at radius 3 is 2.61 bits per heavy atom. The lowest BCUT2D eigenvalue weighted by molar-refractivity contribution is -0.150. The van der Waals surface area contributed by atoms with Crippen LogP contribution in [-0.4, -0.2) is 32.6 Å². The molecule has 0 aliphatic rings. The SMILES string of the molecule is COCC(=O)C(Cc1cccc(Cl)c1)C(=O)OC. The summed E-state index contributed by atoms with van der Waals surface area (Å²) in [6.45, 7) is -0.111. The van der Waals surface area contributed by atoms with Crippen LogP contribution < -0.4 is 0 Å². The maximum Gasteiger partial charge on any atom is 0.316 e. The zero-order valence-electron chi connectivity index (χ0n) is 10.3. The number of methoxy groups -OCH3 is 2. The predicted octanol–water partition coefficient (Wildman–Crippen LogP) is 1.89. The molecule has 1 rings (SSSR count). The minimum Gasteiger partial charge on any atom is -0.468 e. The molecule has 0 bridgehead atoms. The summed E-state index contributed by atoms with van der Waals surface area (Å²) in [6, 6.07) is 7.03. The van der Waals surface area contributed by atoms with E-state index in [2.05, 4.69) is 4.74 Å². The Kier molecular flexibility index (Phi) is 5.82. The number of esters is 1. The third-order valence-corrected chi connectivity index (χ3v) is 2.72. The standard InChI is InChI=1S/C13H15ClO4/c1-17-8-12(15)11(13(16)18-2)7-9-4-3-5-10(14)6-9/h3-6,11H,7-8H2,1-2H3. The predicted molar refractivity (Wildman–Crippen MR) is 67.5 cm³/mol. The zero-order chi connectivity index (χ0) is 13.5. The van der Waals surface area contributed by atoms with Crippen LogP contribution in [0.15, 0.2) is 24.3 Å². The van der Waals surface area contributed by atoms with Crippen LogP contribution in [0.1, 0.15) is 5.56 Å². The van der Waals surface area contributed by atoms with Gasteiger partial charge in [0.15, 0.2) is 5.78 Å². The summed E-state index contributed by atoms with van der Waals surface area (Å²) in [5.74, 6) is -1.71. The summed E-state index contributed by atoms with van der Waals surface area (Å²) in [7, 11) is 2.67. The largest absolute Gasteiger partial charge is 0.468 e. The van der Waals surface area contributed by atoms with Gasteiger partial charge in [-0.1, -0.05) is 23.7 Å². The lowest BCUT2D eigenvalue weighted by Gasteiger charge is -2.13. The molecule has 0 N–H and O–H groups in total. The molecule has 0 radical (unpaired) electrons. The number of hydrogen-bond donors (Lipinski definition) is 0. The second-order valence-corrected chi connectivity index (χ2v) is 4.25. The lowest BCUT2D eigenvalue weighted by atomic mass is 9.95. The molecule has 1 unspecified atom stereocenters. The minimum absolute atomic E-state index is 0.111. The van der Waals surface area contributed by atoms with E-state index in [1.165, 1.54) is 14.2 Å². The normalized spacial score (nSPS) is 11.9. The van der Waals surface area contributed by atoms with Crippen LogP contribution in [0.5, 0.6) is 0 Å². The first kappa shape index (κ1) is 14.7. The van der Waals surface area contributed by atoms with E-state index >= 15 is 0 Å². The molecule has 98 valence electrons. The van der Waals surface area contributed by atoms with Gasteiger partial charge in [-0.3, -0.25) is 9.59 Å². The molecule has 0 heterocycles. The molecule has 1 atom stereocenters. The molecule has 0 fully saturated rings. The topological polar surface area (TPSA) is 52.6 Å². The van der Waals surface area contributed by atoms with E-state index in [9.17, 15) is 9.59 Å². The lowest BCUT2D eigenvalue weighted by Crippen LogP contribution is -2.30. The first-order chi connectivity index (χ1) is 8.58. The molecule has 0 saturated heterocycles. The molecule has 5 heteroatoms. The monoisotopic (exact) mass is 270 g/mol. The molecule has 0 saturated carbocycles. The maximum atomic E-state index is 11.8. The van der Waals surface area contributed by atoms with Crippen molar-refractivity contribution in [1.82, 2.24) is 0 Å². The number of carbonyl (C=O) groups excluding carboxylic acids is 2. The van der Waals surface area contributed by atoms with Crippen molar-refractivity contribution >= 4 is 23.4 Å². The van der Waals surface area contributed by atoms with Gasteiger partial charge in [0.2, 0.25) is 0 Å². The molecule has 0 aliphatic carbocycles. The van der Waals surface area contributed by atoms with E-state index < -0.39 is 11.9 Å². The van der Waals surface area contributed by atoms with E-state index in [0.717, 1.165) is 5.56 Å². The Bertz CT molecular complexity index is 431. The quantitative estimate of drug-likeness (QED) is 0.585. The van der Waals surface area contributed by atoms with Gasteiger partial charge in [0.1, 0.15) is 12.5 Å². The summed E-state index contributed by atoms with van der Waals surface area (Å²) in [5, 5.41) is 0.565. The van der Waals surface area contributed by atoms with Gasteiger partial charge < -0.3 is 9.47 Å². The summed E-state index contributed by atoms with van der Waals surface area (Å²) in [4.78, 5) is 23.4. The number of hydrogen-bond acceptors (Lipinski definition) is 4. The van der Waals surface area contributed by atoms with Crippen LogP contribution in [0.3, 0.4) is 0 Å². The van der Waals surface area contributed by atoms with Crippen molar-refractivity contribution in [1.29, 1.82) is 0 Å². The van der Waals surface area contributed by atoms with Crippen molar-refractivity contribution in [2.45, 2.75) is 6.42 Å². The van der Waals surface area contributed by atoms with E-state index in [1.807, 2.05) is 6.07 Å². The highest BCUT2D eigenvalue weighted by molar-refractivity contribution is 6.30. The highest BCUT2D eigenvalue weighted by Gasteiger charge is 2.27. The Hall–Kier alpha value is -1.39. The average molecular weight is 271 g/mol. The van der Waals surface area contributed by atoms with Crippen molar-refractivity contribution in [3.63, 3.8) is 0 Å². The van der Waals surface area contributed by atoms with Crippen molar-refractivity contribution in [3.05, 3.63) is 34.9 Å². The van der Waals surface area contributed by atoms with Gasteiger partial charge in [-0.15, -0.1) is 0 Å². The smallest absolute Gasteiger partial charge is 0.316 e. The van der Waals surface area contributed by atoms with Gasteiger partial charge in [0, 0.05) is 12.1 Å². The fourth-order valence-electron chi connectivity index (χ4n) is 1.61. The molecule has 1 aromatic carbocycles. The van der Waals surface area contributed by atoms with Crippen molar-refractivity contribution in [2.75, 3.05) is 20.8 Å². The third kappa shape index (κ3) is 4.13. The first-order valence-corrected chi connectivity index (χ1v) is 5.80. The maximum absolute atomic E-state index is 11.8. The van der Waals surface area contributed by atoms with Gasteiger partial charge >= 0.3 is 5.97 Å². The number of Topliss-reactive ketones (excluding diaryl/α,β-unsaturated/α-hetero) is 1. The molecule has 1 aromatic rings. The molecular weight excluding hydrogens is 256 g/mol. The Morgan fingerprint density at radius 2 is 2.06 bits per heavy atom. The van der Waals surface area contributed by atoms with E-state index in [-0.39, 0.29) is 18.8 Å². The molecule has 18 heavy (non-hydrogen) atoms. The van der Waals surface area contributed by atoms with Crippen molar-refractivity contribution < 1.29 is 19.1 Å². The minimum atomic E-state index is -0.853. The molecule has 4 nitrogen and oxygen atoms in total. The Morgan fingerprint density at radius 1 is 1.33 bits per heavy atom. The Balaban J connectivity index is 2.84. The summed E-state index contributed by atoms with van der Waals surface area (Å²) in [5.41, 5.74) is 0.808. The van der Waals surface area contributed by atoms with Crippen LogP contribution in [0.25, 0.3) is 0 Å². The van der Waals surface area contributed by atoms with Gasteiger partial charge in [-0.2, -0.15) is 0 Å². The van der Waals surface area contributed by atoms with E-state index in [4.69, 9.17) is 16.3 Å². The first-order valence-electron chi connectivity index (χ1n) is 5.42. The second kappa shape index (κ2) is 7.13. The van der Waals surface area contributed by atoms with Gasteiger partial charge in [-0.05, 0) is 24.1 Å². The number of carbonyl (C=O) groups is 2. The summed E-state index contributed by atoms with van der Waals surface area (Å²) in [6.07, 6.45) is 0.259. The van der Waals surface area contributed by atoms with Gasteiger partial charge in [0.05, 0.1) is 7.11 Å². The molecule has 0 amide bonds. The number of benzene rings is 1. The number of ether oxygens (including phenoxy) is 2. The average Bonchev–Trinajstić information content (AvgIpc) is 2.35. The van der Waals surface area contributed by atoms with E-state index in [1.54, 1.807) is 18.2 Å². The number of ketones is 1. The van der Waals surface area contributed by atoms with Crippen LogP contribution in [0, 0.1) is 5.92 Å². The number of halogens is 1. The Labute approximate surface area is 111 Å². The van der Waals surface area contributed by atoms with Crippen molar-refractivity contribution in [3.8, 4) is 0 Å². The second-order valence-electron chi connectivity index (χ2n) is 3.81. The van der Waals surface area contributed by atoms with Crippen LogP contribution >= 0.6 is 11.6 Å². The fourth-order valence-corrected chi connectivity index (χ4v) is 1.83. The summed E-state index contributed by atoms with van der Waals surface area (Å²) >= 11 is 5.86. The fraction of sp³-hybridized carbons (Fsp3) is 0.385. The third-order valence-electron chi connectivity index (χ3n) is 2.49. The van der Waals surface area contributed by atoms with Crippen molar-refractivity contribution in [2.24, 2.45) is 5.92 Å². The molecule has 0 spiro atoms. The molecule has 0 aliphatic heterocycles. The molecule has 0 aromatic heterocycles. The molecular formula is C13H15ClO4. The summed E-state index contributed by atoms with van der Waals surface area (Å²) < 4.78 is 9.39. The van der Waals surface area contributed by atoms with Gasteiger partial charge in [0.25, 0.3) is 0 Å². The number of rotatable bonds is 6. The van der Waals surface area contributed by atoms with Crippen LogP contribution in [0.4, 0.5) is 0 Å². The van der Waals surface area contributed by atoms with Crippen LogP contribution in [0.2, 0.25) is 5.02 Å². The zero-order valence-corrected chi connectivity index (χ0v) is 11.1. The highest BCUT2D eigenvalue weighted by Crippen LogP contribution is 2.16. The van der Waals surface area contributed by atoms with E-state index in [0.29, 0.717) is 5.02 Å². The van der Waals surface area contributed by atoms with Crippen LogP contribution in [-0.2, 0) is 25.5 Å². The van der Waals surface area contributed by atoms with Gasteiger partial charge in [-0.25, -0.2) is 0 Å².